The number of hydrogen-bond donors (Lipinski definition) is 1. The molecule has 0 spiro atoms. The molecule has 2 aliphatic heterocycles. The van der Waals surface area contributed by atoms with Crippen LogP contribution in [0.25, 0.3) is 0 Å². The van der Waals surface area contributed by atoms with Crippen LogP contribution in [0.1, 0.15) is 47.5 Å². The highest BCUT2D eigenvalue weighted by Crippen LogP contribution is 2.30. The van der Waals surface area contributed by atoms with E-state index in [0.29, 0.717) is 35.5 Å². The van der Waals surface area contributed by atoms with Gasteiger partial charge in [-0.05, 0) is 24.2 Å². The summed E-state index contributed by atoms with van der Waals surface area (Å²) in [4.78, 5) is 2.62. The lowest BCUT2D eigenvalue weighted by Crippen LogP contribution is -2.64. The van der Waals surface area contributed by atoms with Crippen LogP contribution in [0.4, 0.5) is 0 Å². The Hall–Kier alpha value is -0.130. The highest BCUT2D eigenvalue weighted by atomic mass is 32.2. The van der Waals surface area contributed by atoms with E-state index in [1.165, 1.54) is 0 Å². The molecule has 2 fully saturated rings. The van der Waals surface area contributed by atoms with Gasteiger partial charge in [-0.1, -0.05) is 34.6 Å². The number of nitrogens with zero attached hydrogens (tertiary/aromatic N) is 1. The molecule has 124 valence electrons. The van der Waals surface area contributed by atoms with Gasteiger partial charge in [0.05, 0.1) is 11.5 Å². The molecule has 2 atom stereocenters. The third-order valence-electron chi connectivity index (χ3n) is 5.20. The van der Waals surface area contributed by atoms with Crippen molar-refractivity contribution in [2.75, 3.05) is 24.6 Å². The first kappa shape index (κ1) is 17.2. The van der Waals surface area contributed by atoms with Crippen LogP contribution in [0, 0.1) is 11.3 Å². The predicted octanol–water partition coefficient (Wildman–Crippen LogP) is 1.91. The first-order valence-corrected chi connectivity index (χ1v) is 10.1. The molecule has 5 heteroatoms. The monoisotopic (exact) mass is 316 g/mol. The van der Waals surface area contributed by atoms with Crippen molar-refractivity contribution in [3.63, 3.8) is 0 Å². The van der Waals surface area contributed by atoms with Gasteiger partial charge < -0.3 is 5.32 Å². The van der Waals surface area contributed by atoms with Crippen molar-refractivity contribution in [3.8, 4) is 0 Å². The van der Waals surface area contributed by atoms with Crippen LogP contribution in [-0.4, -0.2) is 56.0 Å². The maximum Gasteiger partial charge on any atom is 0.150 e. The molecular formula is C16H32N2O2S. The van der Waals surface area contributed by atoms with Crippen LogP contribution in [0.3, 0.4) is 0 Å². The predicted molar refractivity (Wildman–Crippen MR) is 88.3 cm³/mol. The van der Waals surface area contributed by atoms with Crippen molar-refractivity contribution in [2.24, 2.45) is 11.3 Å². The highest BCUT2D eigenvalue weighted by molar-refractivity contribution is 7.91. The second-order valence-electron chi connectivity index (χ2n) is 8.22. The summed E-state index contributed by atoms with van der Waals surface area (Å²) in [6, 6.07) is 1.44. The molecule has 2 saturated heterocycles. The van der Waals surface area contributed by atoms with Crippen LogP contribution < -0.4 is 5.32 Å². The van der Waals surface area contributed by atoms with Gasteiger partial charge in [-0.15, -0.1) is 0 Å². The van der Waals surface area contributed by atoms with Crippen molar-refractivity contribution in [2.45, 2.75) is 65.6 Å². The van der Waals surface area contributed by atoms with E-state index in [0.717, 1.165) is 25.9 Å². The lowest BCUT2D eigenvalue weighted by atomic mass is 9.83. The van der Waals surface area contributed by atoms with E-state index < -0.39 is 9.84 Å². The van der Waals surface area contributed by atoms with Gasteiger partial charge in [0.25, 0.3) is 0 Å². The van der Waals surface area contributed by atoms with Crippen LogP contribution >= 0.6 is 0 Å². The van der Waals surface area contributed by atoms with Gasteiger partial charge in [0.15, 0.2) is 0 Å². The molecule has 1 N–H and O–H groups in total. The zero-order chi connectivity index (χ0) is 15.8. The van der Waals surface area contributed by atoms with Crippen molar-refractivity contribution in [3.05, 3.63) is 0 Å². The van der Waals surface area contributed by atoms with Gasteiger partial charge in [-0.3, -0.25) is 4.90 Å². The van der Waals surface area contributed by atoms with Crippen molar-refractivity contribution < 1.29 is 8.42 Å². The summed E-state index contributed by atoms with van der Waals surface area (Å²) in [5.74, 6) is 1.33. The summed E-state index contributed by atoms with van der Waals surface area (Å²) in [6.07, 6.45) is 1.62. The molecule has 4 nitrogen and oxygen atoms in total. The number of hydrogen-bond acceptors (Lipinski definition) is 4. The largest absolute Gasteiger partial charge is 0.311 e. The maximum atomic E-state index is 11.7. The SMILES string of the molecule is CC(C)C1CNC(C(C)(C)C)CN1C1CCS(=O)(=O)CC1. The van der Waals surface area contributed by atoms with E-state index in [4.69, 9.17) is 0 Å². The molecule has 0 aliphatic carbocycles. The summed E-state index contributed by atoms with van der Waals surface area (Å²) < 4.78 is 23.4. The lowest BCUT2D eigenvalue weighted by Gasteiger charge is -2.50. The molecule has 2 heterocycles. The van der Waals surface area contributed by atoms with Gasteiger partial charge in [-0.25, -0.2) is 8.42 Å². The van der Waals surface area contributed by atoms with E-state index in [2.05, 4.69) is 44.8 Å². The maximum absolute atomic E-state index is 11.7. The Bertz CT molecular complexity index is 439. The summed E-state index contributed by atoms with van der Waals surface area (Å²) in [7, 11) is -2.78. The van der Waals surface area contributed by atoms with Gasteiger partial charge in [0, 0.05) is 31.2 Å². The third-order valence-corrected chi connectivity index (χ3v) is 6.92. The second kappa shape index (κ2) is 6.17. The van der Waals surface area contributed by atoms with Crippen molar-refractivity contribution >= 4 is 9.84 Å². The van der Waals surface area contributed by atoms with Crippen LogP contribution in [-0.2, 0) is 9.84 Å². The Kier molecular flexibility index (Phi) is 5.06. The minimum atomic E-state index is -2.78. The van der Waals surface area contributed by atoms with Gasteiger partial charge in [0.2, 0.25) is 0 Å². The zero-order valence-corrected chi connectivity index (χ0v) is 15.0. The molecule has 0 aromatic carbocycles. The second-order valence-corrected chi connectivity index (χ2v) is 10.5. The zero-order valence-electron chi connectivity index (χ0n) is 14.2. The molecular weight excluding hydrogens is 284 g/mol. The van der Waals surface area contributed by atoms with Gasteiger partial charge in [0.1, 0.15) is 9.84 Å². The Balaban J connectivity index is 2.11. The smallest absolute Gasteiger partial charge is 0.150 e. The minimum absolute atomic E-state index is 0.237. The molecule has 0 saturated carbocycles. The summed E-state index contributed by atoms with van der Waals surface area (Å²) in [5.41, 5.74) is 0.237. The molecule has 0 bridgehead atoms. The molecule has 21 heavy (non-hydrogen) atoms. The van der Waals surface area contributed by atoms with Crippen LogP contribution in [0.5, 0.6) is 0 Å². The Morgan fingerprint density at radius 2 is 1.71 bits per heavy atom. The number of rotatable bonds is 2. The van der Waals surface area contributed by atoms with E-state index >= 15 is 0 Å². The van der Waals surface area contributed by atoms with E-state index in [9.17, 15) is 8.42 Å². The Morgan fingerprint density at radius 3 is 2.19 bits per heavy atom. The minimum Gasteiger partial charge on any atom is -0.311 e. The van der Waals surface area contributed by atoms with Crippen LogP contribution in [0.15, 0.2) is 0 Å². The Morgan fingerprint density at radius 1 is 1.14 bits per heavy atom. The highest BCUT2D eigenvalue weighted by Gasteiger charge is 2.39. The fraction of sp³-hybridized carbons (Fsp3) is 1.00. The lowest BCUT2D eigenvalue weighted by molar-refractivity contribution is 0.0256. The number of sulfone groups is 1. The van der Waals surface area contributed by atoms with E-state index in [1.54, 1.807) is 0 Å². The fourth-order valence-electron chi connectivity index (χ4n) is 3.62. The topological polar surface area (TPSA) is 49.4 Å². The summed E-state index contributed by atoms with van der Waals surface area (Å²) >= 11 is 0. The average Bonchev–Trinajstić information content (AvgIpc) is 2.37. The normalized spacial score (nSPS) is 32.5. The molecule has 2 unspecified atom stereocenters. The molecule has 2 rings (SSSR count). The third kappa shape index (κ3) is 4.20. The van der Waals surface area contributed by atoms with Crippen molar-refractivity contribution in [1.29, 1.82) is 0 Å². The standard InChI is InChI=1S/C16H32N2O2S/c1-12(2)14-10-17-15(16(3,4)5)11-18(14)13-6-8-21(19,20)9-7-13/h12-15,17H,6-11H2,1-5H3. The molecule has 0 amide bonds. The molecule has 0 radical (unpaired) electrons. The van der Waals surface area contributed by atoms with Crippen LogP contribution in [0.2, 0.25) is 0 Å². The van der Waals surface area contributed by atoms with Gasteiger partial charge >= 0.3 is 0 Å². The molecule has 0 aromatic rings. The van der Waals surface area contributed by atoms with Gasteiger partial charge in [-0.2, -0.15) is 0 Å². The Labute approximate surface area is 130 Å². The first-order valence-electron chi connectivity index (χ1n) is 8.30. The summed E-state index contributed by atoms with van der Waals surface area (Å²) in [5, 5.41) is 3.72. The van der Waals surface area contributed by atoms with E-state index in [1.807, 2.05) is 0 Å². The average molecular weight is 317 g/mol. The number of nitrogens with one attached hydrogen (secondary N) is 1. The molecule has 2 aliphatic rings. The molecule has 0 aromatic heterocycles. The fourth-order valence-corrected chi connectivity index (χ4v) is 5.09. The summed E-state index contributed by atoms with van der Waals surface area (Å²) in [6.45, 7) is 13.4. The quantitative estimate of drug-likeness (QED) is 0.845. The number of piperazine rings is 1. The first-order chi connectivity index (χ1) is 9.60. The van der Waals surface area contributed by atoms with Crippen molar-refractivity contribution in [1.82, 2.24) is 10.2 Å². The van der Waals surface area contributed by atoms with E-state index in [-0.39, 0.29) is 5.41 Å².